The van der Waals surface area contributed by atoms with E-state index in [1.54, 1.807) is 6.08 Å². The van der Waals surface area contributed by atoms with E-state index < -0.39 is 6.10 Å². The molecule has 1 N–H and O–H groups in total. The van der Waals surface area contributed by atoms with E-state index >= 15 is 0 Å². The minimum Gasteiger partial charge on any atom is -0.463 e. The third-order valence-corrected chi connectivity index (χ3v) is 7.17. The summed E-state index contributed by atoms with van der Waals surface area (Å²) in [5, 5.41) is 9.94. The number of aliphatic hydroxyl groups excluding tert-OH is 1. The fraction of sp³-hybridized carbons (Fsp3) is 0.800. The van der Waals surface area contributed by atoms with Gasteiger partial charge in [0.1, 0.15) is 19.3 Å². The average Bonchev–Trinajstić information content (AvgIpc) is 2.96. The van der Waals surface area contributed by atoms with Crippen molar-refractivity contribution in [2.45, 2.75) is 168 Å². The van der Waals surface area contributed by atoms with E-state index in [1.165, 1.54) is 51.4 Å². The van der Waals surface area contributed by atoms with Crippen molar-refractivity contribution in [1.82, 2.24) is 0 Å². The second-order valence-corrected chi connectivity index (χ2v) is 11.3. The summed E-state index contributed by atoms with van der Waals surface area (Å²) in [6.07, 6.45) is 30.6. The van der Waals surface area contributed by atoms with Gasteiger partial charge in [0.25, 0.3) is 0 Å². The first-order valence-electron chi connectivity index (χ1n) is 16.8. The van der Waals surface area contributed by atoms with Crippen LogP contribution in [-0.4, -0.2) is 42.1 Å². The van der Waals surface area contributed by atoms with E-state index in [2.05, 4.69) is 19.9 Å². The lowest BCUT2D eigenvalue weighted by molar-refractivity contribution is -0.152. The van der Waals surface area contributed by atoms with Gasteiger partial charge in [-0.3, -0.25) is 14.4 Å². The van der Waals surface area contributed by atoms with Crippen molar-refractivity contribution in [1.29, 1.82) is 0 Å². The molecule has 0 unspecified atom stereocenters. The second-order valence-electron chi connectivity index (χ2n) is 11.3. The fourth-order valence-electron chi connectivity index (χ4n) is 4.54. The van der Waals surface area contributed by atoms with Crippen molar-refractivity contribution in [3.63, 3.8) is 0 Å². The highest BCUT2D eigenvalue weighted by molar-refractivity contribution is 5.89. The lowest BCUT2D eigenvalue weighted by atomic mass is 10.1. The lowest BCUT2D eigenvalue weighted by Crippen LogP contribution is -2.25. The zero-order valence-electron chi connectivity index (χ0n) is 26.6. The molecule has 0 aromatic rings. The summed E-state index contributed by atoms with van der Waals surface area (Å²) in [7, 11) is 0. The van der Waals surface area contributed by atoms with Crippen LogP contribution in [0.25, 0.3) is 0 Å². The molecule has 1 atom stereocenters. The Labute approximate surface area is 251 Å². The van der Waals surface area contributed by atoms with Crippen LogP contribution < -0.4 is 0 Å². The smallest absolute Gasteiger partial charge is 0.305 e. The van der Waals surface area contributed by atoms with E-state index in [0.29, 0.717) is 19.3 Å². The van der Waals surface area contributed by atoms with Crippen molar-refractivity contribution in [3.05, 3.63) is 24.3 Å². The molecule has 0 aromatic carbocycles. The maximum atomic E-state index is 11.9. The van der Waals surface area contributed by atoms with Gasteiger partial charge >= 0.3 is 11.9 Å². The maximum absolute atomic E-state index is 11.9. The molecule has 0 aromatic heterocycles. The van der Waals surface area contributed by atoms with Gasteiger partial charge in [-0.25, -0.2) is 0 Å². The molecule has 0 heterocycles. The van der Waals surface area contributed by atoms with Crippen LogP contribution in [0.1, 0.15) is 162 Å². The quantitative estimate of drug-likeness (QED) is 0.0396. The molecule has 0 aliphatic rings. The molecule has 0 rings (SSSR count). The number of rotatable bonds is 30. The molecule has 41 heavy (non-hydrogen) atoms. The molecule has 6 nitrogen and oxygen atoms in total. The Bertz CT molecular complexity index is 684. The van der Waals surface area contributed by atoms with E-state index in [9.17, 15) is 19.5 Å². The zero-order chi connectivity index (χ0) is 30.2. The van der Waals surface area contributed by atoms with E-state index in [4.69, 9.17) is 9.47 Å². The van der Waals surface area contributed by atoms with Crippen LogP contribution >= 0.6 is 0 Å². The van der Waals surface area contributed by atoms with Crippen LogP contribution in [-0.2, 0) is 23.9 Å². The van der Waals surface area contributed by atoms with Gasteiger partial charge in [-0.2, -0.15) is 0 Å². The highest BCUT2D eigenvalue weighted by atomic mass is 16.6. The minimum absolute atomic E-state index is 0.135. The molecule has 0 aliphatic heterocycles. The second kappa shape index (κ2) is 31.0. The van der Waals surface area contributed by atoms with Crippen LogP contribution in [0, 0.1) is 0 Å². The number of carbonyl (C=O) groups is 3. The predicted molar refractivity (Wildman–Crippen MR) is 169 cm³/mol. The van der Waals surface area contributed by atoms with Crippen LogP contribution in [0.5, 0.6) is 0 Å². The molecule has 6 heteroatoms. The van der Waals surface area contributed by atoms with Gasteiger partial charge in [0.05, 0.1) is 0 Å². The Kier molecular flexibility index (Phi) is 29.5. The number of esters is 2. The Balaban J connectivity index is 3.53. The summed E-state index contributed by atoms with van der Waals surface area (Å²) < 4.78 is 10.2. The monoisotopic (exact) mass is 578 g/mol. The summed E-state index contributed by atoms with van der Waals surface area (Å²) in [4.78, 5) is 35.4. The Morgan fingerprint density at radius 2 is 0.976 bits per heavy atom. The van der Waals surface area contributed by atoms with Crippen LogP contribution in [0.4, 0.5) is 0 Å². The van der Waals surface area contributed by atoms with Crippen molar-refractivity contribution >= 4 is 17.7 Å². The Morgan fingerprint density at radius 1 is 0.561 bits per heavy atom. The van der Waals surface area contributed by atoms with Gasteiger partial charge in [0, 0.05) is 19.3 Å². The Hall–Kier alpha value is -1.95. The maximum Gasteiger partial charge on any atom is 0.305 e. The highest BCUT2D eigenvalue weighted by Gasteiger charge is 2.12. The van der Waals surface area contributed by atoms with E-state index in [-0.39, 0.29) is 30.9 Å². The van der Waals surface area contributed by atoms with Gasteiger partial charge in [0.2, 0.25) is 0 Å². The van der Waals surface area contributed by atoms with Crippen molar-refractivity contribution in [2.24, 2.45) is 0 Å². The number of unbranched alkanes of at least 4 members (excludes halogenated alkanes) is 17. The zero-order valence-corrected chi connectivity index (χ0v) is 26.6. The first-order valence-corrected chi connectivity index (χ1v) is 16.8. The molecule has 0 aliphatic carbocycles. The predicted octanol–water partition coefficient (Wildman–Crippen LogP) is 9.13. The molecule has 0 fully saturated rings. The summed E-state index contributed by atoms with van der Waals surface area (Å²) in [5.41, 5.74) is 0. The molecule has 238 valence electrons. The largest absolute Gasteiger partial charge is 0.463 e. The van der Waals surface area contributed by atoms with E-state index in [1.807, 2.05) is 12.2 Å². The number of allylic oxidation sites excluding steroid dienone is 4. The van der Waals surface area contributed by atoms with Crippen molar-refractivity contribution in [3.8, 4) is 0 Å². The topological polar surface area (TPSA) is 89.9 Å². The number of ketones is 1. The molecule has 0 saturated carbocycles. The SMILES string of the molecule is CCCCCCCCCCCCCC(=O)OC[C@@H](O)COC(=O)CCCCCCC/C=C\C=C\C(=O)CCCCC. The third-order valence-electron chi connectivity index (χ3n) is 7.17. The number of aliphatic hydroxyl groups is 1. The number of hydrogen-bond donors (Lipinski definition) is 1. The van der Waals surface area contributed by atoms with Gasteiger partial charge < -0.3 is 14.6 Å². The summed E-state index contributed by atoms with van der Waals surface area (Å²) in [6, 6.07) is 0. The first-order chi connectivity index (χ1) is 20.0. The number of carbonyl (C=O) groups excluding carboxylic acids is 3. The molecular formula is C35H62O6. The molecule has 0 amide bonds. The van der Waals surface area contributed by atoms with E-state index in [0.717, 1.165) is 77.0 Å². The van der Waals surface area contributed by atoms with Crippen LogP contribution in [0.3, 0.4) is 0 Å². The molecule has 0 bridgehead atoms. The standard InChI is InChI=1S/C35H62O6/c1-3-5-7-8-9-10-11-14-17-20-24-28-34(38)40-30-33(37)31-41-35(39)29-25-21-18-15-12-13-16-19-23-27-32(36)26-22-6-4-2/h16,19,23,27,33,37H,3-15,17-18,20-22,24-26,28-31H2,1-2H3/b19-16-,27-23+/t33-/m1/s1. The number of ether oxygens (including phenoxy) is 2. The van der Waals surface area contributed by atoms with Crippen molar-refractivity contribution < 1.29 is 29.0 Å². The summed E-state index contributed by atoms with van der Waals surface area (Å²) in [5.74, 6) is -0.425. The first kappa shape index (κ1) is 39.0. The molecule has 0 radical (unpaired) electrons. The summed E-state index contributed by atoms with van der Waals surface area (Å²) in [6.45, 7) is 4.10. The van der Waals surface area contributed by atoms with Crippen molar-refractivity contribution in [2.75, 3.05) is 13.2 Å². The van der Waals surface area contributed by atoms with Gasteiger partial charge in [-0.1, -0.05) is 128 Å². The molecule has 0 saturated heterocycles. The lowest BCUT2D eigenvalue weighted by Gasteiger charge is -2.12. The number of hydrogen-bond acceptors (Lipinski definition) is 6. The molecule has 0 spiro atoms. The minimum atomic E-state index is -0.984. The molecular weight excluding hydrogens is 516 g/mol. The van der Waals surface area contributed by atoms with Crippen LogP contribution in [0.2, 0.25) is 0 Å². The average molecular weight is 579 g/mol. The fourth-order valence-corrected chi connectivity index (χ4v) is 4.54. The third kappa shape index (κ3) is 30.8. The normalized spacial score (nSPS) is 12.3. The summed E-state index contributed by atoms with van der Waals surface area (Å²) >= 11 is 0. The van der Waals surface area contributed by atoms with Gasteiger partial charge in [0.15, 0.2) is 5.78 Å². The van der Waals surface area contributed by atoms with Gasteiger partial charge in [-0.05, 0) is 38.2 Å². The van der Waals surface area contributed by atoms with Gasteiger partial charge in [-0.15, -0.1) is 0 Å². The highest BCUT2D eigenvalue weighted by Crippen LogP contribution is 2.12. The Morgan fingerprint density at radius 3 is 1.49 bits per heavy atom. The van der Waals surface area contributed by atoms with Crippen LogP contribution in [0.15, 0.2) is 24.3 Å².